The van der Waals surface area contributed by atoms with Crippen LogP contribution >= 0.6 is 11.3 Å². The third kappa shape index (κ3) is 4.96. The standard InChI is InChI=1S/C24H27FN6O4S/c1-15-19(3-2-9-30(15)24(34)29-10-8-18(32)11-29)21-27-23(35-12-16-4-6-17(25)7-5-16)31(28-21)22(33)20-13-36-14-26-20/h4-7,13-15,18-19,32H,2-3,8-12H2,1H3. The molecule has 3 unspecified atom stereocenters. The van der Waals surface area contributed by atoms with Crippen LogP contribution in [0.25, 0.3) is 0 Å². The number of halogens is 1. The van der Waals surface area contributed by atoms with Crippen LogP contribution in [0.15, 0.2) is 35.2 Å². The Morgan fingerprint density at radius 2 is 2.03 bits per heavy atom. The lowest BCUT2D eigenvalue weighted by Gasteiger charge is -2.40. The third-order valence-corrected chi connectivity index (χ3v) is 7.30. The van der Waals surface area contributed by atoms with E-state index < -0.39 is 12.0 Å². The topological polar surface area (TPSA) is 114 Å². The fourth-order valence-electron chi connectivity index (χ4n) is 4.71. The highest BCUT2D eigenvalue weighted by Crippen LogP contribution is 2.33. The maximum Gasteiger partial charge on any atom is 0.323 e. The number of urea groups is 1. The van der Waals surface area contributed by atoms with Crippen LogP contribution in [0.1, 0.15) is 54.0 Å². The van der Waals surface area contributed by atoms with Gasteiger partial charge in [0.25, 0.3) is 0 Å². The van der Waals surface area contributed by atoms with Gasteiger partial charge in [-0.1, -0.05) is 12.1 Å². The zero-order valence-corrected chi connectivity index (χ0v) is 20.6. The number of likely N-dealkylation sites (tertiary alicyclic amines) is 2. The summed E-state index contributed by atoms with van der Waals surface area (Å²) < 4.78 is 20.2. The average molecular weight is 515 g/mol. The molecule has 0 spiro atoms. The molecule has 2 aliphatic rings. The molecule has 190 valence electrons. The molecule has 2 saturated heterocycles. The van der Waals surface area contributed by atoms with Gasteiger partial charge in [0.1, 0.15) is 18.1 Å². The third-order valence-electron chi connectivity index (χ3n) is 6.72. The van der Waals surface area contributed by atoms with Gasteiger partial charge < -0.3 is 19.6 Å². The Labute approximate surface area is 211 Å². The summed E-state index contributed by atoms with van der Waals surface area (Å²) in [5.41, 5.74) is 2.50. The number of thiazole rings is 1. The number of aliphatic hydroxyl groups excluding tert-OH is 1. The summed E-state index contributed by atoms with van der Waals surface area (Å²) in [6.07, 6.45) is 1.61. The number of ether oxygens (including phenoxy) is 1. The first kappa shape index (κ1) is 24.3. The molecule has 3 aromatic rings. The number of benzene rings is 1. The Balaban J connectivity index is 1.39. The molecule has 36 heavy (non-hydrogen) atoms. The van der Waals surface area contributed by atoms with Crippen molar-refractivity contribution in [3.8, 4) is 6.01 Å². The van der Waals surface area contributed by atoms with Crippen LogP contribution in [-0.2, 0) is 6.61 Å². The molecule has 3 atom stereocenters. The van der Waals surface area contributed by atoms with Crippen LogP contribution < -0.4 is 4.74 Å². The van der Waals surface area contributed by atoms with Gasteiger partial charge in [-0.05, 0) is 43.9 Å². The van der Waals surface area contributed by atoms with E-state index in [-0.39, 0.29) is 42.1 Å². The average Bonchev–Trinajstić information content (AvgIpc) is 3.64. The van der Waals surface area contributed by atoms with Crippen molar-refractivity contribution < 1.29 is 23.8 Å². The molecule has 2 amide bonds. The summed E-state index contributed by atoms with van der Waals surface area (Å²) in [6.45, 7) is 3.50. The second kappa shape index (κ2) is 10.3. The summed E-state index contributed by atoms with van der Waals surface area (Å²) in [4.78, 5) is 38.4. The Bertz CT molecular complexity index is 1220. The number of piperidine rings is 1. The normalized spacial score (nSPS) is 22.1. The molecular formula is C24H27FN6O4S. The Hall–Kier alpha value is -3.38. The van der Waals surface area contributed by atoms with Crippen LogP contribution in [0.2, 0.25) is 0 Å². The van der Waals surface area contributed by atoms with Crippen LogP contribution in [0.5, 0.6) is 6.01 Å². The fourth-order valence-corrected chi connectivity index (χ4v) is 5.23. The lowest BCUT2D eigenvalue weighted by Crippen LogP contribution is -2.51. The highest BCUT2D eigenvalue weighted by molar-refractivity contribution is 7.07. The van der Waals surface area contributed by atoms with E-state index in [4.69, 9.17) is 4.74 Å². The van der Waals surface area contributed by atoms with E-state index >= 15 is 0 Å². The predicted octanol–water partition coefficient (Wildman–Crippen LogP) is 2.90. The summed E-state index contributed by atoms with van der Waals surface area (Å²) >= 11 is 1.29. The van der Waals surface area contributed by atoms with Crippen molar-refractivity contribution in [1.29, 1.82) is 0 Å². The van der Waals surface area contributed by atoms with Crippen molar-refractivity contribution >= 4 is 23.3 Å². The van der Waals surface area contributed by atoms with Crippen LogP contribution in [0.3, 0.4) is 0 Å². The molecule has 10 nitrogen and oxygen atoms in total. The molecule has 4 heterocycles. The zero-order valence-electron chi connectivity index (χ0n) is 19.8. The molecule has 0 aliphatic carbocycles. The lowest BCUT2D eigenvalue weighted by molar-refractivity contribution is 0.0918. The molecule has 0 radical (unpaired) electrons. The van der Waals surface area contributed by atoms with Crippen molar-refractivity contribution in [2.75, 3.05) is 19.6 Å². The fraction of sp³-hybridized carbons (Fsp3) is 0.458. The van der Waals surface area contributed by atoms with Gasteiger partial charge in [0.05, 0.1) is 11.6 Å². The highest BCUT2D eigenvalue weighted by atomic mass is 32.1. The van der Waals surface area contributed by atoms with Crippen LogP contribution in [-0.4, -0.2) is 78.4 Å². The first-order valence-electron chi connectivity index (χ1n) is 11.9. The van der Waals surface area contributed by atoms with E-state index in [1.165, 1.54) is 23.5 Å². The highest BCUT2D eigenvalue weighted by Gasteiger charge is 2.38. The minimum atomic E-state index is -0.486. The van der Waals surface area contributed by atoms with E-state index in [1.54, 1.807) is 32.8 Å². The second-order valence-corrected chi connectivity index (χ2v) is 9.83. The minimum absolute atomic E-state index is 0.0191. The van der Waals surface area contributed by atoms with Crippen molar-refractivity contribution in [3.63, 3.8) is 0 Å². The van der Waals surface area contributed by atoms with Crippen molar-refractivity contribution in [3.05, 3.63) is 58.1 Å². The number of carbonyl (C=O) groups excluding carboxylic acids is 2. The maximum absolute atomic E-state index is 13.3. The lowest BCUT2D eigenvalue weighted by atomic mass is 9.90. The molecule has 0 saturated carbocycles. The maximum atomic E-state index is 13.3. The SMILES string of the molecule is CC1C(c2nc(OCc3ccc(F)cc3)n(C(=O)c3cscn3)n2)CCCN1C(=O)N1CCC(O)C1. The summed E-state index contributed by atoms with van der Waals surface area (Å²) in [6, 6.07) is 5.58. The van der Waals surface area contributed by atoms with Gasteiger partial charge in [0, 0.05) is 37.0 Å². The smallest absolute Gasteiger partial charge is 0.323 e. The van der Waals surface area contributed by atoms with Gasteiger partial charge >= 0.3 is 17.9 Å². The number of β-amino-alcohol motifs (C(OH)–C–C–N with tert-alkyl or cyclic N) is 1. The number of hydrogen-bond acceptors (Lipinski definition) is 8. The van der Waals surface area contributed by atoms with Gasteiger partial charge in [-0.3, -0.25) is 4.79 Å². The van der Waals surface area contributed by atoms with Gasteiger partial charge in [-0.25, -0.2) is 14.2 Å². The minimum Gasteiger partial charge on any atom is -0.458 e. The number of amides is 2. The molecular weight excluding hydrogens is 487 g/mol. The van der Waals surface area contributed by atoms with Crippen LogP contribution in [0.4, 0.5) is 9.18 Å². The van der Waals surface area contributed by atoms with Crippen molar-refractivity contribution in [2.45, 2.75) is 50.9 Å². The van der Waals surface area contributed by atoms with Gasteiger partial charge in [0.2, 0.25) is 0 Å². The number of aromatic nitrogens is 4. The number of carbonyl (C=O) groups is 2. The number of aliphatic hydroxyl groups is 1. The van der Waals surface area contributed by atoms with Crippen LogP contribution in [0, 0.1) is 5.82 Å². The van der Waals surface area contributed by atoms with E-state index in [9.17, 15) is 19.1 Å². The molecule has 1 aromatic carbocycles. The van der Waals surface area contributed by atoms with Gasteiger partial charge in [-0.15, -0.1) is 21.1 Å². The number of hydrogen-bond donors (Lipinski definition) is 1. The first-order chi connectivity index (χ1) is 17.4. The van der Waals surface area contributed by atoms with Crippen molar-refractivity contribution in [2.24, 2.45) is 0 Å². The summed E-state index contributed by atoms with van der Waals surface area (Å²) in [5, 5.41) is 16.0. The summed E-state index contributed by atoms with van der Waals surface area (Å²) in [5.74, 6) is -0.602. The van der Waals surface area contributed by atoms with E-state index in [1.807, 2.05) is 6.92 Å². The Morgan fingerprint density at radius 1 is 1.22 bits per heavy atom. The van der Waals surface area contributed by atoms with Gasteiger partial charge in [0.15, 0.2) is 5.82 Å². The largest absolute Gasteiger partial charge is 0.458 e. The second-order valence-electron chi connectivity index (χ2n) is 9.11. The molecule has 5 rings (SSSR count). The Kier molecular flexibility index (Phi) is 6.97. The van der Waals surface area contributed by atoms with Crippen molar-refractivity contribution in [1.82, 2.24) is 29.5 Å². The predicted molar refractivity (Wildman–Crippen MR) is 128 cm³/mol. The molecule has 0 bridgehead atoms. The van der Waals surface area contributed by atoms with E-state index in [0.29, 0.717) is 37.4 Å². The quantitative estimate of drug-likeness (QED) is 0.557. The molecule has 12 heteroatoms. The monoisotopic (exact) mass is 514 g/mol. The zero-order chi connectivity index (χ0) is 25.2. The molecule has 1 N–H and O–H groups in total. The van der Waals surface area contributed by atoms with Gasteiger partial charge in [-0.2, -0.15) is 4.98 Å². The Morgan fingerprint density at radius 3 is 2.72 bits per heavy atom. The first-order valence-corrected chi connectivity index (χ1v) is 12.9. The number of nitrogens with zero attached hydrogens (tertiary/aromatic N) is 6. The molecule has 2 aromatic heterocycles. The van der Waals surface area contributed by atoms with E-state index in [0.717, 1.165) is 17.5 Å². The molecule has 2 fully saturated rings. The molecule has 2 aliphatic heterocycles. The van der Waals surface area contributed by atoms with E-state index in [2.05, 4.69) is 15.1 Å². The number of rotatable bonds is 5. The summed E-state index contributed by atoms with van der Waals surface area (Å²) in [7, 11) is 0.